The summed E-state index contributed by atoms with van der Waals surface area (Å²) in [6, 6.07) is 0. The second-order valence-electron chi connectivity index (χ2n) is 2.60. The van der Waals surface area contributed by atoms with Crippen LogP contribution in [0.15, 0.2) is 11.6 Å². The van der Waals surface area contributed by atoms with Crippen LogP contribution >= 0.6 is 0 Å². The average molecular weight is 156 g/mol. The third-order valence-corrected chi connectivity index (χ3v) is 1.64. The first-order chi connectivity index (χ1) is 5.29. The number of rotatable bonds is 3. The Balaban J connectivity index is 2.24. The Morgan fingerprint density at radius 1 is 1.73 bits per heavy atom. The van der Waals surface area contributed by atoms with E-state index < -0.39 is 5.97 Å². The molecule has 0 radical (unpaired) electrons. The Morgan fingerprint density at radius 3 is 3.09 bits per heavy atom. The Morgan fingerprint density at radius 2 is 2.55 bits per heavy atom. The van der Waals surface area contributed by atoms with Crippen LogP contribution in [0, 0.1) is 0 Å². The first-order valence-electron chi connectivity index (χ1n) is 3.76. The van der Waals surface area contributed by atoms with E-state index in [1.165, 1.54) is 0 Å². The highest BCUT2D eigenvalue weighted by atomic mass is 16.5. The van der Waals surface area contributed by atoms with Crippen LogP contribution in [0.2, 0.25) is 0 Å². The number of ether oxygens (including phenoxy) is 1. The van der Waals surface area contributed by atoms with Crippen molar-refractivity contribution in [3.05, 3.63) is 11.6 Å². The quantitative estimate of drug-likeness (QED) is 0.624. The van der Waals surface area contributed by atoms with Gasteiger partial charge in [-0.05, 0) is 18.4 Å². The fraction of sp³-hybridized carbons (Fsp3) is 0.625. The van der Waals surface area contributed by atoms with Gasteiger partial charge in [0, 0.05) is 6.42 Å². The van der Waals surface area contributed by atoms with Gasteiger partial charge >= 0.3 is 5.97 Å². The molecule has 0 spiro atoms. The summed E-state index contributed by atoms with van der Waals surface area (Å²) in [4.78, 5) is 10.2. The summed E-state index contributed by atoms with van der Waals surface area (Å²) in [5.41, 5.74) is 1.12. The predicted octanol–water partition coefficient (Wildman–Crippen LogP) is 1.20. The molecule has 1 aliphatic heterocycles. The van der Waals surface area contributed by atoms with Crippen LogP contribution in [-0.2, 0) is 9.53 Å². The lowest BCUT2D eigenvalue weighted by Gasteiger charge is -2.11. The van der Waals surface area contributed by atoms with E-state index in [0.717, 1.165) is 18.6 Å². The zero-order valence-electron chi connectivity index (χ0n) is 6.38. The lowest BCUT2D eigenvalue weighted by Crippen LogP contribution is -2.07. The molecule has 0 amide bonds. The van der Waals surface area contributed by atoms with Crippen LogP contribution in [0.25, 0.3) is 0 Å². The van der Waals surface area contributed by atoms with Gasteiger partial charge in [-0.3, -0.25) is 4.79 Å². The summed E-state index contributed by atoms with van der Waals surface area (Å²) >= 11 is 0. The van der Waals surface area contributed by atoms with Crippen molar-refractivity contribution in [2.45, 2.75) is 19.3 Å². The molecule has 0 saturated heterocycles. The van der Waals surface area contributed by atoms with Gasteiger partial charge < -0.3 is 9.84 Å². The Hall–Kier alpha value is -0.830. The third kappa shape index (κ3) is 3.18. The van der Waals surface area contributed by atoms with Gasteiger partial charge in [0.15, 0.2) is 0 Å². The van der Waals surface area contributed by atoms with Gasteiger partial charge in [0.2, 0.25) is 0 Å². The summed E-state index contributed by atoms with van der Waals surface area (Å²) in [7, 11) is 0. The normalized spacial score (nSPS) is 17.6. The largest absolute Gasteiger partial charge is 0.481 e. The maximum Gasteiger partial charge on any atom is 0.303 e. The maximum absolute atomic E-state index is 10.2. The van der Waals surface area contributed by atoms with Gasteiger partial charge in [-0.15, -0.1) is 0 Å². The lowest BCUT2D eigenvalue weighted by atomic mass is 10.1. The molecule has 0 bridgehead atoms. The molecule has 0 aromatic carbocycles. The molecule has 1 heterocycles. The van der Waals surface area contributed by atoms with Crippen LogP contribution in [-0.4, -0.2) is 24.3 Å². The van der Waals surface area contributed by atoms with Crippen molar-refractivity contribution in [3.63, 3.8) is 0 Å². The summed E-state index contributed by atoms with van der Waals surface area (Å²) in [6.45, 7) is 1.39. The fourth-order valence-electron chi connectivity index (χ4n) is 1.05. The Kier molecular flexibility index (Phi) is 3.11. The minimum atomic E-state index is -0.739. The Bertz CT molecular complexity index is 172. The van der Waals surface area contributed by atoms with E-state index >= 15 is 0 Å². The van der Waals surface area contributed by atoms with E-state index in [1.54, 1.807) is 0 Å². The number of aliphatic carboxylic acids is 1. The van der Waals surface area contributed by atoms with Crippen molar-refractivity contribution in [2.75, 3.05) is 13.2 Å². The minimum Gasteiger partial charge on any atom is -0.481 e. The number of hydrogen-bond donors (Lipinski definition) is 1. The molecule has 0 aromatic heterocycles. The lowest BCUT2D eigenvalue weighted by molar-refractivity contribution is -0.136. The van der Waals surface area contributed by atoms with Crippen molar-refractivity contribution >= 4 is 5.97 Å². The molecule has 3 nitrogen and oxygen atoms in total. The van der Waals surface area contributed by atoms with E-state index in [2.05, 4.69) is 6.08 Å². The number of carbonyl (C=O) groups is 1. The number of carboxylic acids is 1. The number of hydrogen-bond acceptors (Lipinski definition) is 2. The van der Waals surface area contributed by atoms with Crippen LogP contribution in [0.3, 0.4) is 0 Å². The summed E-state index contributed by atoms with van der Waals surface area (Å²) in [5, 5.41) is 8.38. The van der Waals surface area contributed by atoms with E-state index in [0.29, 0.717) is 13.0 Å². The molecule has 0 unspecified atom stereocenters. The molecule has 3 heteroatoms. The van der Waals surface area contributed by atoms with Gasteiger partial charge in [-0.2, -0.15) is 0 Å². The molecule has 0 saturated carbocycles. The van der Waals surface area contributed by atoms with E-state index in [1.807, 2.05) is 0 Å². The number of carboxylic acid groups (broad SMARTS) is 1. The average Bonchev–Trinajstić information content (AvgIpc) is 2.03. The summed E-state index contributed by atoms with van der Waals surface area (Å²) in [6.07, 6.45) is 3.85. The topological polar surface area (TPSA) is 46.5 Å². The highest BCUT2D eigenvalue weighted by molar-refractivity contribution is 5.67. The summed E-state index contributed by atoms with van der Waals surface area (Å²) < 4.78 is 5.15. The second kappa shape index (κ2) is 4.13. The molecular weight excluding hydrogens is 144 g/mol. The van der Waals surface area contributed by atoms with E-state index in [-0.39, 0.29) is 6.42 Å². The zero-order valence-corrected chi connectivity index (χ0v) is 6.38. The molecule has 1 aliphatic rings. The molecule has 11 heavy (non-hydrogen) atoms. The van der Waals surface area contributed by atoms with Crippen LogP contribution in [0.1, 0.15) is 19.3 Å². The fourth-order valence-corrected chi connectivity index (χ4v) is 1.05. The molecule has 0 fully saturated rings. The molecule has 62 valence electrons. The third-order valence-electron chi connectivity index (χ3n) is 1.64. The van der Waals surface area contributed by atoms with Crippen LogP contribution in [0.5, 0.6) is 0 Å². The predicted molar refractivity (Wildman–Crippen MR) is 40.4 cm³/mol. The molecule has 1 N–H and O–H groups in total. The standard InChI is InChI=1S/C8H12O3/c9-8(10)4-3-7-2-1-5-11-6-7/h2H,1,3-6H2,(H,9,10). The zero-order chi connectivity index (χ0) is 8.10. The summed E-state index contributed by atoms with van der Waals surface area (Å²) in [5.74, 6) is -0.739. The second-order valence-corrected chi connectivity index (χ2v) is 2.60. The highest BCUT2D eigenvalue weighted by Gasteiger charge is 2.05. The minimum absolute atomic E-state index is 0.217. The SMILES string of the molecule is O=C(O)CCC1=CCCOC1. The Labute approximate surface area is 65.7 Å². The van der Waals surface area contributed by atoms with Gasteiger partial charge in [0.25, 0.3) is 0 Å². The van der Waals surface area contributed by atoms with E-state index in [4.69, 9.17) is 9.84 Å². The van der Waals surface area contributed by atoms with Gasteiger partial charge in [-0.1, -0.05) is 6.08 Å². The molecule has 0 aromatic rings. The van der Waals surface area contributed by atoms with Crippen LogP contribution in [0.4, 0.5) is 0 Å². The van der Waals surface area contributed by atoms with Gasteiger partial charge in [0.1, 0.15) is 0 Å². The van der Waals surface area contributed by atoms with Crippen LogP contribution < -0.4 is 0 Å². The molecule has 0 aliphatic carbocycles. The van der Waals surface area contributed by atoms with Crippen molar-refractivity contribution in [1.29, 1.82) is 0 Å². The maximum atomic E-state index is 10.2. The first-order valence-corrected chi connectivity index (χ1v) is 3.76. The van der Waals surface area contributed by atoms with Crippen molar-refractivity contribution in [2.24, 2.45) is 0 Å². The van der Waals surface area contributed by atoms with Crippen molar-refractivity contribution < 1.29 is 14.6 Å². The van der Waals surface area contributed by atoms with Crippen molar-refractivity contribution in [3.8, 4) is 0 Å². The van der Waals surface area contributed by atoms with E-state index in [9.17, 15) is 4.79 Å². The van der Waals surface area contributed by atoms with Gasteiger partial charge in [0.05, 0.1) is 13.2 Å². The van der Waals surface area contributed by atoms with Gasteiger partial charge in [-0.25, -0.2) is 0 Å². The van der Waals surface area contributed by atoms with Crippen molar-refractivity contribution in [1.82, 2.24) is 0 Å². The molecule has 0 atom stereocenters. The first kappa shape index (κ1) is 8.27. The monoisotopic (exact) mass is 156 g/mol. The highest BCUT2D eigenvalue weighted by Crippen LogP contribution is 2.11. The molecule has 1 rings (SSSR count). The molecular formula is C8H12O3. The smallest absolute Gasteiger partial charge is 0.303 e.